The Kier molecular flexibility index (Phi) is 3.93. The Morgan fingerprint density at radius 3 is 2.95 bits per heavy atom. The van der Waals surface area contributed by atoms with Crippen molar-refractivity contribution in [2.45, 2.75) is 38.3 Å². The summed E-state index contributed by atoms with van der Waals surface area (Å²) >= 11 is 1.56. The second kappa shape index (κ2) is 5.32. The minimum Gasteiger partial charge on any atom is -0.480 e. The van der Waals surface area contributed by atoms with Gasteiger partial charge in [0.2, 0.25) is 0 Å². The van der Waals surface area contributed by atoms with E-state index in [1.165, 1.54) is 0 Å². The van der Waals surface area contributed by atoms with Gasteiger partial charge in [-0.15, -0.1) is 11.3 Å². The summed E-state index contributed by atoms with van der Waals surface area (Å²) in [4.78, 5) is 12.7. The van der Waals surface area contributed by atoms with Crippen molar-refractivity contribution in [2.24, 2.45) is 11.8 Å². The molecular weight excluding hydrogens is 260 g/mol. The van der Waals surface area contributed by atoms with Crippen molar-refractivity contribution in [1.29, 1.82) is 5.26 Å². The summed E-state index contributed by atoms with van der Waals surface area (Å²) in [5.41, 5.74) is -0.969. The molecule has 0 unspecified atom stereocenters. The first kappa shape index (κ1) is 14.0. The smallest absolute Gasteiger partial charge is 0.323 e. The Hall–Kier alpha value is -1.38. The van der Waals surface area contributed by atoms with Gasteiger partial charge in [0, 0.05) is 4.88 Å². The Bertz CT molecular complexity index is 492. The molecule has 1 aromatic rings. The first-order valence-corrected chi connectivity index (χ1v) is 7.30. The fourth-order valence-electron chi connectivity index (χ4n) is 2.88. The maximum atomic E-state index is 11.7. The molecule has 5 heteroatoms. The molecule has 0 saturated carbocycles. The molecule has 0 aromatic carbocycles. The number of nitriles is 1. The molecule has 0 amide bonds. The molecule has 2 N–H and O–H groups in total. The molecule has 1 aromatic heterocycles. The highest BCUT2D eigenvalue weighted by atomic mass is 32.1. The summed E-state index contributed by atoms with van der Waals surface area (Å²) in [6, 6.07) is 5.99. The monoisotopic (exact) mass is 278 g/mol. The summed E-state index contributed by atoms with van der Waals surface area (Å²) in [6.45, 7) is 4.01. The van der Waals surface area contributed by atoms with E-state index in [0.717, 1.165) is 4.88 Å². The van der Waals surface area contributed by atoms with E-state index in [1.54, 1.807) is 11.3 Å². The maximum absolute atomic E-state index is 11.7. The van der Waals surface area contributed by atoms with Crippen LogP contribution in [-0.2, 0) is 4.79 Å². The molecule has 1 saturated heterocycles. The summed E-state index contributed by atoms with van der Waals surface area (Å²) in [5.74, 6) is -0.862. The van der Waals surface area contributed by atoms with Gasteiger partial charge in [-0.3, -0.25) is 10.1 Å². The standard InChI is InChI=1S/C14H18N2O2S/c1-9(2)6-14(13(17)18)7-10(8-15)12(16-14)11-4-3-5-19-11/h3-5,9-10,12,16H,6-7H2,1-2H3,(H,17,18)/t10-,12-,14+/m1/s1. The van der Waals surface area contributed by atoms with Crippen LogP contribution >= 0.6 is 11.3 Å². The van der Waals surface area contributed by atoms with Gasteiger partial charge in [0.15, 0.2) is 0 Å². The van der Waals surface area contributed by atoms with Crippen LogP contribution in [0, 0.1) is 23.2 Å². The SMILES string of the molecule is CC(C)C[C@@]1(C(=O)O)C[C@H](C#N)[C@H](c2cccs2)N1. The van der Waals surface area contributed by atoms with Gasteiger partial charge in [0.1, 0.15) is 5.54 Å². The number of aliphatic carboxylic acids is 1. The fourth-order valence-corrected chi connectivity index (χ4v) is 3.73. The summed E-state index contributed by atoms with van der Waals surface area (Å²) < 4.78 is 0. The van der Waals surface area contributed by atoms with Crippen molar-refractivity contribution in [3.63, 3.8) is 0 Å². The Morgan fingerprint density at radius 1 is 1.74 bits per heavy atom. The van der Waals surface area contributed by atoms with Gasteiger partial charge in [-0.05, 0) is 30.2 Å². The zero-order valence-electron chi connectivity index (χ0n) is 11.1. The molecule has 0 radical (unpaired) electrons. The quantitative estimate of drug-likeness (QED) is 0.888. The molecule has 102 valence electrons. The Balaban J connectivity index is 2.30. The number of hydrogen-bond acceptors (Lipinski definition) is 4. The van der Waals surface area contributed by atoms with E-state index < -0.39 is 11.5 Å². The van der Waals surface area contributed by atoms with Crippen LogP contribution in [-0.4, -0.2) is 16.6 Å². The van der Waals surface area contributed by atoms with Crippen molar-refractivity contribution in [1.82, 2.24) is 5.32 Å². The van der Waals surface area contributed by atoms with E-state index in [4.69, 9.17) is 0 Å². The van der Waals surface area contributed by atoms with Gasteiger partial charge in [-0.1, -0.05) is 19.9 Å². The summed E-state index contributed by atoms with van der Waals surface area (Å²) in [5, 5.41) is 24.1. The minimum atomic E-state index is -0.969. The average molecular weight is 278 g/mol. The predicted octanol–water partition coefficient (Wildman–Crippen LogP) is 2.79. The van der Waals surface area contributed by atoms with E-state index in [-0.39, 0.29) is 17.9 Å². The molecule has 2 rings (SSSR count). The van der Waals surface area contributed by atoms with Gasteiger partial charge in [-0.25, -0.2) is 0 Å². The van der Waals surface area contributed by atoms with Gasteiger partial charge < -0.3 is 5.11 Å². The van der Waals surface area contributed by atoms with Crippen molar-refractivity contribution in [3.8, 4) is 6.07 Å². The van der Waals surface area contributed by atoms with Crippen molar-refractivity contribution in [3.05, 3.63) is 22.4 Å². The second-order valence-electron chi connectivity index (χ2n) is 5.56. The zero-order chi connectivity index (χ0) is 14.0. The third-order valence-electron chi connectivity index (χ3n) is 3.58. The molecule has 4 nitrogen and oxygen atoms in total. The minimum absolute atomic E-state index is 0.167. The van der Waals surface area contributed by atoms with E-state index in [2.05, 4.69) is 11.4 Å². The maximum Gasteiger partial charge on any atom is 0.323 e. The highest BCUT2D eigenvalue weighted by Gasteiger charge is 2.51. The molecule has 0 aliphatic carbocycles. The highest BCUT2D eigenvalue weighted by molar-refractivity contribution is 7.10. The van der Waals surface area contributed by atoms with Gasteiger partial charge in [0.25, 0.3) is 0 Å². The summed E-state index contributed by atoms with van der Waals surface area (Å²) in [7, 11) is 0. The predicted molar refractivity (Wildman–Crippen MR) is 73.7 cm³/mol. The van der Waals surface area contributed by atoms with E-state index in [1.807, 2.05) is 31.4 Å². The number of rotatable bonds is 4. The number of nitrogens with one attached hydrogen (secondary N) is 1. The van der Waals surface area contributed by atoms with E-state index >= 15 is 0 Å². The van der Waals surface area contributed by atoms with E-state index in [0.29, 0.717) is 12.8 Å². The fraction of sp³-hybridized carbons (Fsp3) is 0.571. The average Bonchev–Trinajstić information content (AvgIpc) is 2.94. The van der Waals surface area contributed by atoms with E-state index in [9.17, 15) is 15.2 Å². The lowest BCUT2D eigenvalue weighted by atomic mass is 9.85. The normalized spacial score (nSPS) is 30.4. The van der Waals surface area contributed by atoms with Crippen LogP contribution in [0.4, 0.5) is 0 Å². The lowest BCUT2D eigenvalue weighted by molar-refractivity contribution is -0.145. The number of hydrogen-bond donors (Lipinski definition) is 2. The van der Waals surface area contributed by atoms with Gasteiger partial charge in [0.05, 0.1) is 18.0 Å². The first-order chi connectivity index (χ1) is 8.98. The molecule has 1 aliphatic heterocycles. The third-order valence-corrected chi connectivity index (χ3v) is 4.54. The summed E-state index contributed by atoms with van der Waals surface area (Å²) in [6.07, 6.45) is 0.919. The first-order valence-electron chi connectivity index (χ1n) is 6.42. The third kappa shape index (κ3) is 2.65. The van der Waals surface area contributed by atoms with Crippen LogP contribution in [0.3, 0.4) is 0 Å². The number of carboxylic acid groups (broad SMARTS) is 1. The van der Waals surface area contributed by atoms with Crippen LogP contribution < -0.4 is 5.32 Å². The van der Waals surface area contributed by atoms with Crippen LogP contribution in [0.2, 0.25) is 0 Å². The largest absolute Gasteiger partial charge is 0.480 e. The van der Waals surface area contributed by atoms with Crippen molar-refractivity contribution in [2.75, 3.05) is 0 Å². The highest BCUT2D eigenvalue weighted by Crippen LogP contribution is 2.42. The van der Waals surface area contributed by atoms with Crippen LogP contribution in [0.25, 0.3) is 0 Å². The molecule has 1 aliphatic rings. The zero-order valence-corrected chi connectivity index (χ0v) is 11.9. The van der Waals surface area contributed by atoms with Crippen LogP contribution in [0.5, 0.6) is 0 Å². The number of carboxylic acids is 1. The Morgan fingerprint density at radius 2 is 2.47 bits per heavy atom. The van der Waals surface area contributed by atoms with Crippen LogP contribution in [0.15, 0.2) is 17.5 Å². The second-order valence-corrected chi connectivity index (χ2v) is 6.54. The van der Waals surface area contributed by atoms with Crippen LogP contribution in [0.1, 0.15) is 37.6 Å². The molecule has 0 bridgehead atoms. The van der Waals surface area contributed by atoms with Gasteiger partial charge >= 0.3 is 5.97 Å². The molecule has 1 fully saturated rings. The number of thiophene rings is 1. The Labute approximate surface area is 117 Å². The lowest BCUT2D eigenvalue weighted by Crippen LogP contribution is -2.49. The number of nitrogens with zero attached hydrogens (tertiary/aromatic N) is 1. The number of carbonyl (C=O) groups is 1. The molecule has 3 atom stereocenters. The van der Waals surface area contributed by atoms with Crippen molar-refractivity contribution >= 4 is 17.3 Å². The molecule has 0 spiro atoms. The molecular formula is C14H18N2O2S. The molecule has 19 heavy (non-hydrogen) atoms. The van der Waals surface area contributed by atoms with Gasteiger partial charge in [-0.2, -0.15) is 5.26 Å². The van der Waals surface area contributed by atoms with Crippen molar-refractivity contribution < 1.29 is 9.90 Å². The lowest BCUT2D eigenvalue weighted by Gasteiger charge is -2.27. The topological polar surface area (TPSA) is 73.1 Å². The molecule has 2 heterocycles.